The summed E-state index contributed by atoms with van der Waals surface area (Å²) >= 11 is 11.8. The summed E-state index contributed by atoms with van der Waals surface area (Å²) < 4.78 is 5.04. The van der Waals surface area contributed by atoms with E-state index in [9.17, 15) is 14.9 Å². The van der Waals surface area contributed by atoms with E-state index in [1.54, 1.807) is 19.2 Å². The summed E-state index contributed by atoms with van der Waals surface area (Å²) in [4.78, 5) is 25.8. The van der Waals surface area contributed by atoms with Crippen molar-refractivity contribution in [2.75, 3.05) is 13.7 Å². The van der Waals surface area contributed by atoms with Crippen LogP contribution in [-0.4, -0.2) is 36.0 Å². The third-order valence-corrected chi connectivity index (χ3v) is 5.22. The number of carbonyl (C=O) groups is 2. The summed E-state index contributed by atoms with van der Waals surface area (Å²) in [6.45, 7) is -0.443. The number of esters is 1. The van der Waals surface area contributed by atoms with Gasteiger partial charge in [-0.05, 0) is 25.0 Å². The Hall–Kier alpha value is -1.77. The van der Waals surface area contributed by atoms with Crippen LogP contribution in [0.15, 0.2) is 18.2 Å². The SMILES string of the molecule is CN(C(=O)COC(=O)c1cccc(Cl)c1Cl)C1(C#N)CCCCC1. The number of halogens is 2. The molecule has 1 amide bonds. The zero-order valence-electron chi connectivity index (χ0n) is 13.3. The van der Waals surface area contributed by atoms with E-state index in [2.05, 4.69) is 6.07 Å². The van der Waals surface area contributed by atoms with Gasteiger partial charge in [0.05, 0.1) is 21.7 Å². The molecule has 24 heavy (non-hydrogen) atoms. The number of likely N-dealkylation sites (N-methyl/N-ethyl adjacent to an activating group) is 1. The van der Waals surface area contributed by atoms with Crippen LogP contribution in [0, 0.1) is 11.3 Å². The van der Waals surface area contributed by atoms with Gasteiger partial charge < -0.3 is 9.64 Å². The van der Waals surface area contributed by atoms with Gasteiger partial charge in [0.2, 0.25) is 0 Å². The number of hydrogen-bond donors (Lipinski definition) is 0. The van der Waals surface area contributed by atoms with E-state index in [4.69, 9.17) is 27.9 Å². The average Bonchev–Trinajstić information content (AvgIpc) is 2.61. The molecule has 7 heteroatoms. The number of amides is 1. The van der Waals surface area contributed by atoms with Crippen molar-refractivity contribution < 1.29 is 14.3 Å². The molecule has 0 unspecified atom stereocenters. The van der Waals surface area contributed by atoms with Crippen molar-refractivity contribution in [3.63, 3.8) is 0 Å². The number of ether oxygens (including phenoxy) is 1. The molecular weight excluding hydrogens is 351 g/mol. The molecule has 1 saturated carbocycles. The van der Waals surface area contributed by atoms with Crippen molar-refractivity contribution in [3.8, 4) is 6.07 Å². The molecule has 1 aliphatic carbocycles. The molecule has 0 atom stereocenters. The first-order chi connectivity index (χ1) is 11.4. The molecule has 1 aromatic carbocycles. The number of rotatable bonds is 4. The molecule has 0 spiro atoms. The molecule has 0 N–H and O–H groups in total. The van der Waals surface area contributed by atoms with E-state index in [1.165, 1.54) is 11.0 Å². The Bertz CT molecular complexity index is 679. The number of carbonyl (C=O) groups excluding carboxylic acids is 2. The van der Waals surface area contributed by atoms with Gasteiger partial charge in [-0.1, -0.05) is 48.5 Å². The second-order valence-electron chi connectivity index (χ2n) is 5.83. The maximum absolute atomic E-state index is 12.3. The smallest absolute Gasteiger partial charge is 0.340 e. The summed E-state index contributed by atoms with van der Waals surface area (Å²) in [6, 6.07) is 6.86. The molecule has 0 bridgehead atoms. The number of benzene rings is 1. The first-order valence-electron chi connectivity index (χ1n) is 7.70. The maximum Gasteiger partial charge on any atom is 0.340 e. The summed E-state index contributed by atoms with van der Waals surface area (Å²) in [5.74, 6) is -1.14. The Morgan fingerprint density at radius 1 is 1.29 bits per heavy atom. The van der Waals surface area contributed by atoms with Crippen LogP contribution in [0.2, 0.25) is 10.0 Å². The topological polar surface area (TPSA) is 70.4 Å². The van der Waals surface area contributed by atoms with E-state index in [-0.39, 0.29) is 15.6 Å². The standard InChI is InChI=1S/C17H18Cl2N2O3/c1-21(17(11-20)8-3-2-4-9-17)14(22)10-24-16(23)12-6-5-7-13(18)15(12)19/h5-7H,2-4,8-10H2,1H3. The molecule has 0 saturated heterocycles. The highest BCUT2D eigenvalue weighted by atomic mass is 35.5. The van der Waals surface area contributed by atoms with E-state index < -0.39 is 24.0 Å². The van der Waals surface area contributed by atoms with E-state index in [0.717, 1.165) is 19.3 Å². The summed E-state index contributed by atoms with van der Waals surface area (Å²) in [7, 11) is 1.58. The minimum Gasteiger partial charge on any atom is -0.452 e. The van der Waals surface area contributed by atoms with Gasteiger partial charge in [-0.2, -0.15) is 5.26 Å². The molecule has 1 fully saturated rings. The van der Waals surface area contributed by atoms with Crippen LogP contribution >= 0.6 is 23.2 Å². The minimum absolute atomic E-state index is 0.0887. The number of nitriles is 1. The van der Waals surface area contributed by atoms with Crippen molar-refractivity contribution in [2.24, 2.45) is 0 Å². The maximum atomic E-state index is 12.3. The predicted molar refractivity (Wildman–Crippen MR) is 90.9 cm³/mol. The first kappa shape index (κ1) is 18.6. The van der Waals surface area contributed by atoms with Crippen molar-refractivity contribution >= 4 is 35.1 Å². The summed E-state index contributed by atoms with van der Waals surface area (Å²) in [5, 5.41) is 9.82. The van der Waals surface area contributed by atoms with Gasteiger partial charge in [-0.3, -0.25) is 4.79 Å². The van der Waals surface area contributed by atoms with Crippen LogP contribution in [0.1, 0.15) is 42.5 Å². The van der Waals surface area contributed by atoms with Crippen molar-refractivity contribution in [2.45, 2.75) is 37.6 Å². The highest BCUT2D eigenvalue weighted by Crippen LogP contribution is 2.32. The summed E-state index contributed by atoms with van der Waals surface area (Å²) in [6.07, 6.45) is 4.15. The van der Waals surface area contributed by atoms with Crippen LogP contribution in [0.3, 0.4) is 0 Å². The lowest BCUT2D eigenvalue weighted by Crippen LogP contribution is -2.51. The molecule has 5 nitrogen and oxygen atoms in total. The molecule has 1 aliphatic rings. The Morgan fingerprint density at radius 2 is 1.96 bits per heavy atom. The van der Waals surface area contributed by atoms with Gasteiger partial charge in [0.1, 0.15) is 5.54 Å². The Morgan fingerprint density at radius 3 is 2.58 bits per heavy atom. The van der Waals surface area contributed by atoms with E-state index in [0.29, 0.717) is 12.8 Å². The van der Waals surface area contributed by atoms with Gasteiger partial charge in [0.15, 0.2) is 6.61 Å². The van der Waals surface area contributed by atoms with E-state index >= 15 is 0 Å². The van der Waals surface area contributed by atoms with Crippen LogP contribution in [-0.2, 0) is 9.53 Å². The quantitative estimate of drug-likeness (QED) is 0.757. The van der Waals surface area contributed by atoms with Crippen LogP contribution < -0.4 is 0 Å². The minimum atomic E-state index is -0.810. The fraction of sp³-hybridized carbons (Fsp3) is 0.471. The second kappa shape index (κ2) is 7.87. The fourth-order valence-electron chi connectivity index (χ4n) is 2.86. The lowest BCUT2D eigenvalue weighted by Gasteiger charge is -2.38. The van der Waals surface area contributed by atoms with Gasteiger partial charge in [-0.15, -0.1) is 0 Å². The average molecular weight is 369 g/mol. The van der Waals surface area contributed by atoms with Gasteiger partial charge in [0.25, 0.3) is 5.91 Å². The largest absolute Gasteiger partial charge is 0.452 e. The predicted octanol–water partition coefficient (Wildman–Crippen LogP) is 3.84. The molecule has 0 aromatic heterocycles. The van der Waals surface area contributed by atoms with Crippen LogP contribution in [0.25, 0.3) is 0 Å². The highest BCUT2D eigenvalue weighted by molar-refractivity contribution is 6.43. The Labute approximate surface area is 151 Å². The third kappa shape index (κ3) is 3.82. The summed E-state index contributed by atoms with van der Waals surface area (Å²) in [5.41, 5.74) is -0.706. The zero-order chi connectivity index (χ0) is 17.7. The van der Waals surface area contributed by atoms with Crippen LogP contribution in [0.5, 0.6) is 0 Å². The molecule has 0 heterocycles. The van der Waals surface area contributed by atoms with Gasteiger partial charge in [0, 0.05) is 7.05 Å². The number of nitrogens with zero attached hydrogens (tertiary/aromatic N) is 2. The van der Waals surface area contributed by atoms with Gasteiger partial charge >= 0.3 is 5.97 Å². The molecule has 0 radical (unpaired) electrons. The Balaban J connectivity index is 2.01. The molecule has 128 valence electrons. The third-order valence-electron chi connectivity index (χ3n) is 4.40. The van der Waals surface area contributed by atoms with Crippen molar-refractivity contribution in [1.29, 1.82) is 5.26 Å². The molecular formula is C17H18Cl2N2O3. The number of hydrogen-bond acceptors (Lipinski definition) is 4. The zero-order valence-corrected chi connectivity index (χ0v) is 14.9. The second-order valence-corrected chi connectivity index (χ2v) is 6.62. The first-order valence-corrected chi connectivity index (χ1v) is 8.46. The monoisotopic (exact) mass is 368 g/mol. The fourth-order valence-corrected chi connectivity index (χ4v) is 3.24. The lowest BCUT2D eigenvalue weighted by atomic mass is 9.81. The molecule has 1 aromatic rings. The lowest BCUT2D eigenvalue weighted by molar-refractivity contribution is -0.138. The normalized spacial score (nSPS) is 16.1. The van der Waals surface area contributed by atoms with E-state index in [1.807, 2.05) is 0 Å². The highest BCUT2D eigenvalue weighted by Gasteiger charge is 2.39. The van der Waals surface area contributed by atoms with Crippen LogP contribution in [0.4, 0.5) is 0 Å². The van der Waals surface area contributed by atoms with Crippen molar-refractivity contribution in [3.05, 3.63) is 33.8 Å². The van der Waals surface area contributed by atoms with Gasteiger partial charge in [-0.25, -0.2) is 4.79 Å². The molecule has 2 rings (SSSR count). The molecule has 0 aliphatic heterocycles. The Kier molecular flexibility index (Phi) is 6.09. The van der Waals surface area contributed by atoms with Crippen molar-refractivity contribution in [1.82, 2.24) is 4.90 Å².